The molecule has 2 rings (SSSR count). The van der Waals surface area contributed by atoms with Crippen LogP contribution in [0.15, 0.2) is 24.3 Å². The summed E-state index contributed by atoms with van der Waals surface area (Å²) in [6.45, 7) is 7.32. The molecular formula is C18H29Cl2N3O2. The third kappa shape index (κ3) is 6.12. The number of nitrogens with zero attached hydrogens (tertiary/aromatic N) is 1. The van der Waals surface area contributed by atoms with Crippen molar-refractivity contribution in [1.82, 2.24) is 10.2 Å². The smallest absolute Gasteiger partial charge is 0.239 e. The molecule has 0 aliphatic carbocycles. The largest absolute Gasteiger partial charge is 0.379 e. The predicted molar refractivity (Wildman–Crippen MR) is 104 cm³/mol. The molecule has 0 aromatic heterocycles. The first-order valence-electron chi connectivity index (χ1n) is 8.59. The van der Waals surface area contributed by atoms with E-state index in [1.807, 2.05) is 31.2 Å². The summed E-state index contributed by atoms with van der Waals surface area (Å²) in [4.78, 5) is 14.8. The van der Waals surface area contributed by atoms with Crippen LogP contribution in [0.1, 0.15) is 38.3 Å². The Morgan fingerprint density at radius 3 is 2.64 bits per heavy atom. The van der Waals surface area contributed by atoms with Gasteiger partial charge in [0.2, 0.25) is 5.91 Å². The number of morpholine rings is 1. The summed E-state index contributed by atoms with van der Waals surface area (Å²) in [5.41, 5.74) is 6.31. The highest BCUT2D eigenvalue weighted by Gasteiger charge is 2.30. The lowest BCUT2D eigenvalue weighted by Gasteiger charge is -2.36. The third-order valence-corrected chi connectivity index (χ3v) is 4.84. The van der Waals surface area contributed by atoms with Crippen LogP contribution in [0.25, 0.3) is 0 Å². The fourth-order valence-corrected chi connectivity index (χ4v) is 3.36. The highest BCUT2D eigenvalue weighted by Crippen LogP contribution is 2.28. The van der Waals surface area contributed by atoms with Gasteiger partial charge in [0.05, 0.1) is 24.8 Å². The summed E-state index contributed by atoms with van der Waals surface area (Å²) in [7, 11) is 0. The van der Waals surface area contributed by atoms with Crippen molar-refractivity contribution >= 4 is 29.9 Å². The Kier molecular flexibility index (Phi) is 9.17. The Balaban J connectivity index is 0.00000312. The van der Waals surface area contributed by atoms with Crippen molar-refractivity contribution in [2.45, 2.75) is 38.3 Å². The summed E-state index contributed by atoms with van der Waals surface area (Å²) in [5, 5.41) is 3.74. The van der Waals surface area contributed by atoms with Crippen molar-refractivity contribution in [2.24, 2.45) is 5.73 Å². The van der Waals surface area contributed by atoms with Crippen molar-refractivity contribution in [3.8, 4) is 0 Å². The third-order valence-electron chi connectivity index (χ3n) is 4.49. The standard InChI is InChI=1S/C18H28ClN3O2.ClH/c1-3-8-18(2,20)17(23)21-13-16(22-9-11-24-12-10-22)14-6-4-5-7-15(14)19;/h4-7,16H,3,8-13,20H2,1-2H3,(H,21,23);1H. The number of ether oxygens (including phenoxy) is 1. The predicted octanol–water partition coefficient (Wildman–Crippen LogP) is 2.77. The van der Waals surface area contributed by atoms with Crippen molar-refractivity contribution in [1.29, 1.82) is 0 Å². The zero-order chi connectivity index (χ0) is 17.6. The molecule has 2 atom stereocenters. The minimum Gasteiger partial charge on any atom is -0.379 e. The van der Waals surface area contributed by atoms with Gasteiger partial charge in [0.1, 0.15) is 0 Å². The number of carbonyl (C=O) groups is 1. The maximum Gasteiger partial charge on any atom is 0.239 e. The molecule has 1 aromatic rings. The molecule has 25 heavy (non-hydrogen) atoms. The first kappa shape index (κ1) is 22.2. The molecule has 0 spiro atoms. The number of hydrogen-bond acceptors (Lipinski definition) is 4. The second-order valence-electron chi connectivity index (χ2n) is 6.56. The number of hydrogen-bond donors (Lipinski definition) is 2. The number of amides is 1. The number of nitrogens with two attached hydrogens (primary N) is 1. The quantitative estimate of drug-likeness (QED) is 0.751. The monoisotopic (exact) mass is 389 g/mol. The average Bonchev–Trinajstić information content (AvgIpc) is 2.57. The average molecular weight is 390 g/mol. The summed E-state index contributed by atoms with van der Waals surface area (Å²) < 4.78 is 5.45. The SMILES string of the molecule is CCCC(C)(N)C(=O)NCC(c1ccccc1Cl)N1CCOCC1.Cl. The molecule has 1 amide bonds. The Bertz CT molecular complexity index is 549. The molecular weight excluding hydrogens is 361 g/mol. The van der Waals surface area contributed by atoms with Crippen LogP contribution in [0.5, 0.6) is 0 Å². The van der Waals surface area contributed by atoms with E-state index in [-0.39, 0.29) is 24.4 Å². The van der Waals surface area contributed by atoms with E-state index in [1.165, 1.54) is 0 Å². The molecule has 1 aliphatic heterocycles. The van der Waals surface area contributed by atoms with E-state index in [9.17, 15) is 4.79 Å². The summed E-state index contributed by atoms with van der Waals surface area (Å²) in [5.74, 6) is -0.116. The van der Waals surface area contributed by atoms with Gasteiger partial charge < -0.3 is 15.8 Å². The van der Waals surface area contributed by atoms with Crippen LogP contribution >= 0.6 is 24.0 Å². The van der Waals surface area contributed by atoms with Gasteiger partial charge in [0.15, 0.2) is 0 Å². The molecule has 5 nitrogen and oxygen atoms in total. The summed E-state index contributed by atoms with van der Waals surface area (Å²) in [6.07, 6.45) is 1.53. The summed E-state index contributed by atoms with van der Waals surface area (Å²) >= 11 is 6.40. The summed E-state index contributed by atoms with van der Waals surface area (Å²) in [6, 6.07) is 7.81. The molecule has 1 saturated heterocycles. The van der Waals surface area contributed by atoms with Crippen molar-refractivity contribution in [2.75, 3.05) is 32.8 Å². The number of carbonyl (C=O) groups excluding carboxylic acids is 1. The van der Waals surface area contributed by atoms with Crippen LogP contribution in [-0.4, -0.2) is 49.2 Å². The first-order chi connectivity index (χ1) is 11.5. The van der Waals surface area contributed by atoms with Crippen LogP contribution in [0, 0.1) is 0 Å². The fraction of sp³-hybridized carbons (Fsp3) is 0.611. The van der Waals surface area contributed by atoms with Gasteiger partial charge in [0, 0.05) is 24.7 Å². The van der Waals surface area contributed by atoms with E-state index in [1.54, 1.807) is 6.92 Å². The highest BCUT2D eigenvalue weighted by atomic mass is 35.5. The van der Waals surface area contributed by atoms with E-state index >= 15 is 0 Å². The number of benzene rings is 1. The molecule has 1 aliphatic rings. The van der Waals surface area contributed by atoms with Crippen LogP contribution < -0.4 is 11.1 Å². The van der Waals surface area contributed by atoms with Gasteiger partial charge in [-0.15, -0.1) is 12.4 Å². The molecule has 1 aromatic carbocycles. The van der Waals surface area contributed by atoms with E-state index in [0.717, 1.165) is 25.1 Å². The maximum atomic E-state index is 12.4. The number of halogens is 2. The molecule has 142 valence electrons. The van der Waals surface area contributed by atoms with E-state index in [4.69, 9.17) is 22.1 Å². The van der Waals surface area contributed by atoms with Crippen LogP contribution in [-0.2, 0) is 9.53 Å². The van der Waals surface area contributed by atoms with Crippen LogP contribution in [0.2, 0.25) is 5.02 Å². The van der Waals surface area contributed by atoms with Crippen molar-refractivity contribution in [3.05, 3.63) is 34.9 Å². The van der Waals surface area contributed by atoms with Crippen LogP contribution in [0.4, 0.5) is 0 Å². The van der Waals surface area contributed by atoms with Gasteiger partial charge in [-0.25, -0.2) is 0 Å². The Morgan fingerprint density at radius 2 is 2.04 bits per heavy atom. The molecule has 1 heterocycles. The Labute approximate surface area is 161 Å². The van der Waals surface area contributed by atoms with Gasteiger partial charge in [-0.2, -0.15) is 0 Å². The topological polar surface area (TPSA) is 67.6 Å². The lowest BCUT2D eigenvalue weighted by Crippen LogP contribution is -2.53. The zero-order valence-electron chi connectivity index (χ0n) is 15.0. The maximum absolute atomic E-state index is 12.4. The minimum absolute atomic E-state index is 0. The van der Waals surface area contributed by atoms with E-state index < -0.39 is 5.54 Å². The highest BCUT2D eigenvalue weighted by molar-refractivity contribution is 6.31. The fourth-order valence-electron chi connectivity index (χ4n) is 3.09. The van der Waals surface area contributed by atoms with Crippen LogP contribution in [0.3, 0.4) is 0 Å². The Morgan fingerprint density at radius 1 is 1.40 bits per heavy atom. The van der Waals surface area contributed by atoms with Gasteiger partial charge in [-0.05, 0) is 25.0 Å². The van der Waals surface area contributed by atoms with Gasteiger partial charge in [-0.1, -0.05) is 43.1 Å². The number of rotatable bonds is 7. The van der Waals surface area contributed by atoms with Gasteiger partial charge in [-0.3, -0.25) is 9.69 Å². The van der Waals surface area contributed by atoms with Crippen molar-refractivity contribution in [3.63, 3.8) is 0 Å². The Hall–Kier alpha value is -0.850. The number of nitrogens with one attached hydrogen (secondary N) is 1. The lowest BCUT2D eigenvalue weighted by molar-refractivity contribution is -0.126. The van der Waals surface area contributed by atoms with Gasteiger partial charge >= 0.3 is 0 Å². The zero-order valence-corrected chi connectivity index (χ0v) is 16.5. The second kappa shape index (κ2) is 10.3. The molecule has 0 radical (unpaired) electrons. The van der Waals surface area contributed by atoms with E-state index in [2.05, 4.69) is 10.2 Å². The molecule has 0 bridgehead atoms. The molecule has 1 fully saturated rings. The normalized spacial score (nSPS) is 18.7. The minimum atomic E-state index is -0.842. The molecule has 7 heteroatoms. The van der Waals surface area contributed by atoms with Crippen molar-refractivity contribution < 1.29 is 9.53 Å². The lowest BCUT2D eigenvalue weighted by atomic mass is 9.96. The van der Waals surface area contributed by atoms with E-state index in [0.29, 0.717) is 31.2 Å². The second-order valence-corrected chi connectivity index (χ2v) is 6.97. The first-order valence-corrected chi connectivity index (χ1v) is 8.97. The van der Waals surface area contributed by atoms with Gasteiger partial charge in [0.25, 0.3) is 0 Å². The molecule has 0 saturated carbocycles. The molecule has 2 unspecified atom stereocenters. The molecule has 3 N–H and O–H groups in total.